The Hall–Kier alpha value is -4.35. The molecule has 9 nitrogen and oxygen atoms in total. The minimum atomic E-state index is -3.78. The Kier molecular flexibility index (Phi) is 4.36. The van der Waals surface area contributed by atoms with Gasteiger partial charge in [-0.1, -0.05) is 12.1 Å². The molecule has 0 spiro atoms. The third-order valence-electron chi connectivity index (χ3n) is 4.61. The van der Waals surface area contributed by atoms with Gasteiger partial charge in [-0.15, -0.1) is 8.78 Å². The quantitative estimate of drug-likeness (QED) is 0.502. The number of halogens is 3. The van der Waals surface area contributed by atoms with Crippen LogP contribution >= 0.6 is 0 Å². The number of aromatic nitrogens is 4. The van der Waals surface area contributed by atoms with E-state index in [1.165, 1.54) is 42.7 Å². The normalized spacial score (nSPS) is 14.0. The van der Waals surface area contributed by atoms with Crippen LogP contribution in [0.15, 0.2) is 53.6 Å². The molecule has 1 aliphatic rings. The summed E-state index contributed by atoms with van der Waals surface area (Å²) in [4.78, 5) is 32.0. The van der Waals surface area contributed by atoms with Crippen molar-refractivity contribution in [3.05, 3.63) is 65.0 Å². The van der Waals surface area contributed by atoms with Gasteiger partial charge in [0.05, 0.1) is 6.33 Å². The maximum absolute atomic E-state index is 13.7. The van der Waals surface area contributed by atoms with E-state index in [2.05, 4.69) is 29.9 Å². The number of anilines is 1. The van der Waals surface area contributed by atoms with Gasteiger partial charge in [0, 0.05) is 17.3 Å². The molecule has 1 aliphatic heterocycles. The highest BCUT2D eigenvalue weighted by Gasteiger charge is 2.43. The molecule has 0 radical (unpaired) electrons. The number of rotatable bonds is 4. The van der Waals surface area contributed by atoms with Crippen LogP contribution in [0.5, 0.6) is 11.5 Å². The zero-order chi connectivity index (χ0) is 22.5. The molecule has 2 N–H and O–H groups in total. The minimum absolute atomic E-state index is 0.0948. The van der Waals surface area contributed by atoms with Gasteiger partial charge in [0.25, 0.3) is 5.56 Å². The lowest BCUT2D eigenvalue weighted by molar-refractivity contribution is -0.286. The molecule has 0 aliphatic carbocycles. The molecule has 0 bridgehead atoms. The van der Waals surface area contributed by atoms with Crippen molar-refractivity contribution in [3.8, 4) is 22.8 Å². The van der Waals surface area contributed by atoms with Gasteiger partial charge in [0.15, 0.2) is 11.5 Å². The maximum Gasteiger partial charge on any atom is 0.586 e. The van der Waals surface area contributed by atoms with Gasteiger partial charge >= 0.3 is 6.29 Å². The van der Waals surface area contributed by atoms with Crippen molar-refractivity contribution >= 4 is 22.6 Å². The fourth-order valence-corrected chi connectivity index (χ4v) is 3.28. The second kappa shape index (κ2) is 7.11. The summed E-state index contributed by atoms with van der Waals surface area (Å²) in [7, 11) is 0. The van der Waals surface area contributed by atoms with Crippen molar-refractivity contribution in [2.24, 2.45) is 0 Å². The summed E-state index contributed by atoms with van der Waals surface area (Å²) in [5.41, 5.74) is 0.437. The van der Waals surface area contributed by atoms with Crippen LogP contribution in [0, 0.1) is 5.82 Å². The molecule has 12 heteroatoms. The SMILES string of the molecule is O=C(Cn1nc(-c2cccc(F)c2)c2nc[nH]c2c1=O)Nc1ccc2c(c1)OC(F)(F)O2. The van der Waals surface area contributed by atoms with Crippen LogP contribution in [-0.4, -0.2) is 32.0 Å². The standard InChI is InChI=1S/C20H12F3N5O4/c21-11-3-1-2-10(6-11)16-17-18(25-9-24-17)19(30)28(27-16)8-15(29)26-12-4-5-13-14(7-12)32-20(22,23)31-13/h1-7,9H,8H2,(H,24,25)(H,26,29). The van der Waals surface area contributed by atoms with Gasteiger partial charge < -0.3 is 19.8 Å². The van der Waals surface area contributed by atoms with Gasteiger partial charge in [-0.2, -0.15) is 5.10 Å². The number of nitrogens with zero attached hydrogens (tertiary/aromatic N) is 3. The van der Waals surface area contributed by atoms with Gasteiger partial charge in [0.1, 0.15) is 29.1 Å². The number of fused-ring (bicyclic) bond motifs is 2. The lowest BCUT2D eigenvalue weighted by Gasteiger charge is -2.10. The summed E-state index contributed by atoms with van der Waals surface area (Å²) >= 11 is 0. The largest absolute Gasteiger partial charge is 0.586 e. The average molecular weight is 443 g/mol. The van der Waals surface area contributed by atoms with Crippen molar-refractivity contribution in [3.63, 3.8) is 0 Å². The van der Waals surface area contributed by atoms with Crippen LogP contribution in [0.4, 0.5) is 18.9 Å². The molecule has 2 aromatic heterocycles. The molecular weight excluding hydrogens is 431 g/mol. The van der Waals surface area contributed by atoms with E-state index in [0.717, 1.165) is 4.68 Å². The molecule has 5 rings (SSSR count). The first-order chi connectivity index (χ1) is 15.3. The van der Waals surface area contributed by atoms with Gasteiger partial charge in [0.2, 0.25) is 5.91 Å². The van der Waals surface area contributed by atoms with Gasteiger partial charge in [-0.3, -0.25) is 9.59 Å². The Labute approximate surface area is 176 Å². The Morgan fingerprint density at radius 3 is 2.78 bits per heavy atom. The lowest BCUT2D eigenvalue weighted by atomic mass is 10.1. The molecule has 4 aromatic rings. The Balaban J connectivity index is 1.44. The number of carbonyl (C=O) groups excluding carboxylic acids is 1. The predicted molar refractivity (Wildman–Crippen MR) is 105 cm³/mol. The number of aromatic amines is 1. The van der Waals surface area contributed by atoms with Crippen molar-refractivity contribution in [1.82, 2.24) is 19.7 Å². The first kappa shape index (κ1) is 19.6. The zero-order valence-corrected chi connectivity index (χ0v) is 15.9. The first-order valence-corrected chi connectivity index (χ1v) is 9.19. The fraction of sp³-hybridized carbons (Fsp3) is 0.100. The van der Waals surface area contributed by atoms with Crippen molar-refractivity contribution in [2.45, 2.75) is 12.8 Å². The summed E-state index contributed by atoms with van der Waals surface area (Å²) < 4.78 is 49.6. The molecule has 0 saturated heterocycles. The van der Waals surface area contributed by atoms with Crippen LogP contribution < -0.4 is 20.3 Å². The molecular formula is C20H12F3N5O4. The number of H-pyrrole nitrogens is 1. The number of hydrogen-bond acceptors (Lipinski definition) is 6. The Bertz CT molecular complexity index is 1430. The second-order valence-electron chi connectivity index (χ2n) is 6.83. The van der Waals surface area contributed by atoms with Gasteiger partial charge in [-0.25, -0.2) is 14.1 Å². The number of benzene rings is 2. The highest BCUT2D eigenvalue weighted by atomic mass is 19.3. The Morgan fingerprint density at radius 1 is 1.16 bits per heavy atom. The number of alkyl halides is 2. The minimum Gasteiger partial charge on any atom is -0.395 e. The van der Waals surface area contributed by atoms with E-state index in [4.69, 9.17) is 0 Å². The van der Waals surface area contributed by atoms with Crippen molar-refractivity contribution in [1.29, 1.82) is 0 Å². The van der Waals surface area contributed by atoms with Crippen LogP contribution in [0.3, 0.4) is 0 Å². The maximum atomic E-state index is 13.7. The number of ether oxygens (including phenoxy) is 2. The van der Waals surface area contributed by atoms with E-state index in [1.54, 1.807) is 6.07 Å². The summed E-state index contributed by atoms with van der Waals surface area (Å²) in [6.07, 6.45) is -2.49. The first-order valence-electron chi connectivity index (χ1n) is 9.19. The summed E-state index contributed by atoms with van der Waals surface area (Å²) in [6.45, 7) is -0.499. The highest BCUT2D eigenvalue weighted by molar-refractivity contribution is 5.92. The molecule has 0 saturated carbocycles. The van der Waals surface area contributed by atoms with E-state index in [9.17, 15) is 22.8 Å². The lowest BCUT2D eigenvalue weighted by Crippen LogP contribution is -2.30. The van der Waals surface area contributed by atoms with E-state index in [-0.39, 0.29) is 33.9 Å². The predicted octanol–water partition coefficient (Wildman–Crippen LogP) is 2.89. The summed E-state index contributed by atoms with van der Waals surface area (Å²) in [5.74, 6) is -1.57. The molecule has 32 heavy (non-hydrogen) atoms. The van der Waals surface area contributed by atoms with Crippen LogP contribution in [0.1, 0.15) is 0 Å². The molecule has 2 aromatic carbocycles. The Morgan fingerprint density at radius 2 is 1.97 bits per heavy atom. The van der Waals surface area contributed by atoms with Crippen LogP contribution in [-0.2, 0) is 11.3 Å². The number of nitrogens with one attached hydrogen (secondary N) is 2. The van der Waals surface area contributed by atoms with Crippen molar-refractivity contribution in [2.75, 3.05) is 5.32 Å². The number of carbonyl (C=O) groups is 1. The van der Waals surface area contributed by atoms with Crippen molar-refractivity contribution < 1.29 is 27.4 Å². The molecule has 0 fully saturated rings. The number of imidazole rings is 1. The van der Waals surface area contributed by atoms with Crippen LogP contribution in [0.25, 0.3) is 22.3 Å². The summed E-state index contributed by atoms with van der Waals surface area (Å²) in [5, 5.41) is 6.67. The van der Waals surface area contributed by atoms with Gasteiger partial charge in [-0.05, 0) is 24.3 Å². The molecule has 3 heterocycles. The van der Waals surface area contributed by atoms with E-state index < -0.39 is 30.1 Å². The topological polar surface area (TPSA) is 111 Å². The zero-order valence-electron chi connectivity index (χ0n) is 15.9. The summed E-state index contributed by atoms with van der Waals surface area (Å²) in [6, 6.07) is 9.29. The monoisotopic (exact) mass is 443 g/mol. The molecule has 0 atom stereocenters. The third kappa shape index (κ3) is 3.51. The third-order valence-corrected chi connectivity index (χ3v) is 4.61. The van der Waals surface area contributed by atoms with E-state index >= 15 is 0 Å². The molecule has 162 valence electrons. The number of hydrogen-bond donors (Lipinski definition) is 2. The molecule has 1 amide bonds. The fourth-order valence-electron chi connectivity index (χ4n) is 3.28. The number of amides is 1. The smallest absolute Gasteiger partial charge is 0.395 e. The van der Waals surface area contributed by atoms with E-state index in [1.807, 2.05) is 0 Å². The highest BCUT2D eigenvalue weighted by Crippen LogP contribution is 2.42. The second-order valence-corrected chi connectivity index (χ2v) is 6.83. The molecule has 0 unspecified atom stereocenters. The average Bonchev–Trinajstić information content (AvgIpc) is 3.33. The van der Waals surface area contributed by atoms with E-state index in [0.29, 0.717) is 5.56 Å². The van der Waals surface area contributed by atoms with Crippen LogP contribution in [0.2, 0.25) is 0 Å².